The zero-order valence-corrected chi connectivity index (χ0v) is 13.4. The summed E-state index contributed by atoms with van der Waals surface area (Å²) < 4.78 is 0. The molecule has 2 aliphatic rings. The number of carbonyl (C=O) groups excluding carboxylic acids is 2. The highest BCUT2D eigenvalue weighted by atomic mass is 35.5. The zero-order chi connectivity index (χ0) is 15.6. The summed E-state index contributed by atoms with van der Waals surface area (Å²) in [5.74, 6) is 0.179. The van der Waals surface area contributed by atoms with Gasteiger partial charge in [0.05, 0.1) is 5.41 Å². The van der Waals surface area contributed by atoms with E-state index in [4.69, 9.17) is 11.6 Å². The highest BCUT2D eigenvalue weighted by Crippen LogP contribution is 2.48. The molecule has 1 saturated carbocycles. The second-order valence-electron chi connectivity index (χ2n) is 6.18. The van der Waals surface area contributed by atoms with E-state index in [1.165, 1.54) is 0 Å². The number of benzene rings is 1. The number of likely N-dealkylation sites (tertiary alicyclic amines) is 1. The normalized spacial score (nSPS) is 19.0. The summed E-state index contributed by atoms with van der Waals surface area (Å²) in [5, 5.41) is 3.61. The van der Waals surface area contributed by atoms with E-state index in [1.54, 1.807) is 0 Å². The minimum atomic E-state index is -0.402. The number of hydrogen-bond acceptors (Lipinski definition) is 2. The van der Waals surface area contributed by atoms with E-state index in [0.29, 0.717) is 18.0 Å². The maximum Gasteiger partial charge on any atom is 0.230 e. The van der Waals surface area contributed by atoms with E-state index in [0.717, 1.165) is 44.3 Å². The number of amides is 2. The summed E-state index contributed by atoms with van der Waals surface area (Å²) in [7, 11) is 0. The molecule has 0 atom stereocenters. The Morgan fingerprint density at radius 2 is 1.77 bits per heavy atom. The van der Waals surface area contributed by atoms with E-state index < -0.39 is 5.41 Å². The van der Waals surface area contributed by atoms with Crippen LogP contribution in [0, 0.1) is 0 Å². The average Bonchev–Trinajstić information content (AvgIpc) is 3.14. The van der Waals surface area contributed by atoms with Crippen molar-refractivity contribution >= 4 is 23.4 Å². The first-order chi connectivity index (χ1) is 10.6. The van der Waals surface area contributed by atoms with Crippen LogP contribution in [0.1, 0.15) is 37.7 Å². The molecule has 0 aromatic heterocycles. The van der Waals surface area contributed by atoms with Crippen molar-refractivity contribution in [2.45, 2.75) is 37.5 Å². The SMILES string of the molecule is O=C(CCNC(=O)C1(c2ccc(Cl)cc2)CC1)N1CCCC1. The third-order valence-electron chi connectivity index (χ3n) is 4.66. The van der Waals surface area contributed by atoms with Gasteiger partial charge in [0.25, 0.3) is 0 Å². The van der Waals surface area contributed by atoms with Gasteiger partial charge >= 0.3 is 0 Å². The quantitative estimate of drug-likeness (QED) is 0.906. The molecule has 1 aromatic rings. The van der Waals surface area contributed by atoms with Crippen LogP contribution in [0.3, 0.4) is 0 Å². The largest absolute Gasteiger partial charge is 0.355 e. The number of halogens is 1. The molecule has 0 bridgehead atoms. The fraction of sp³-hybridized carbons (Fsp3) is 0.529. The smallest absolute Gasteiger partial charge is 0.230 e. The van der Waals surface area contributed by atoms with E-state index >= 15 is 0 Å². The molecule has 22 heavy (non-hydrogen) atoms. The third kappa shape index (κ3) is 3.12. The monoisotopic (exact) mass is 320 g/mol. The topological polar surface area (TPSA) is 49.4 Å². The minimum absolute atomic E-state index is 0.0315. The molecular formula is C17H21ClN2O2. The molecule has 2 amide bonds. The molecule has 0 spiro atoms. The second-order valence-corrected chi connectivity index (χ2v) is 6.62. The molecule has 1 saturated heterocycles. The van der Waals surface area contributed by atoms with Gasteiger partial charge in [-0.1, -0.05) is 23.7 Å². The third-order valence-corrected chi connectivity index (χ3v) is 4.92. The predicted molar refractivity (Wildman–Crippen MR) is 85.8 cm³/mol. The predicted octanol–water partition coefficient (Wildman–Crippen LogP) is 2.50. The minimum Gasteiger partial charge on any atom is -0.355 e. The van der Waals surface area contributed by atoms with Gasteiger partial charge in [-0.25, -0.2) is 0 Å². The molecule has 1 aromatic carbocycles. The zero-order valence-electron chi connectivity index (χ0n) is 12.6. The Labute approximate surface area is 135 Å². The Morgan fingerprint density at radius 3 is 2.36 bits per heavy atom. The van der Waals surface area contributed by atoms with Gasteiger partial charge in [0, 0.05) is 31.1 Å². The van der Waals surface area contributed by atoms with Crippen molar-refractivity contribution in [3.05, 3.63) is 34.9 Å². The summed E-state index contributed by atoms with van der Waals surface area (Å²) in [6.45, 7) is 2.15. The first-order valence-electron chi connectivity index (χ1n) is 7.94. The van der Waals surface area contributed by atoms with E-state index in [2.05, 4.69) is 5.32 Å². The van der Waals surface area contributed by atoms with E-state index in [9.17, 15) is 9.59 Å². The highest BCUT2D eigenvalue weighted by Gasteiger charge is 2.51. The molecular weight excluding hydrogens is 300 g/mol. The van der Waals surface area contributed by atoms with Gasteiger partial charge in [0.1, 0.15) is 0 Å². The Morgan fingerprint density at radius 1 is 1.14 bits per heavy atom. The van der Waals surface area contributed by atoms with Crippen LogP contribution in [0.5, 0.6) is 0 Å². The second kappa shape index (κ2) is 6.29. The molecule has 118 valence electrons. The van der Waals surface area contributed by atoms with Crippen LogP contribution in [0.15, 0.2) is 24.3 Å². The van der Waals surface area contributed by atoms with Crippen LogP contribution in [0.25, 0.3) is 0 Å². The van der Waals surface area contributed by atoms with Crippen molar-refractivity contribution in [2.24, 2.45) is 0 Å². The van der Waals surface area contributed by atoms with Crippen molar-refractivity contribution in [3.63, 3.8) is 0 Å². The molecule has 1 heterocycles. The maximum absolute atomic E-state index is 12.4. The van der Waals surface area contributed by atoms with Crippen molar-refractivity contribution in [1.29, 1.82) is 0 Å². The Balaban J connectivity index is 1.51. The molecule has 5 heteroatoms. The molecule has 3 rings (SSSR count). The first-order valence-corrected chi connectivity index (χ1v) is 8.32. The lowest BCUT2D eigenvalue weighted by molar-refractivity contribution is -0.130. The van der Waals surface area contributed by atoms with Gasteiger partial charge in [0.15, 0.2) is 0 Å². The van der Waals surface area contributed by atoms with Gasteiger partial charge in [-0.2, -0.15) is 0 Å². The van der Waals surface area contributed by atoms with Crippen LogP contribution >= 0.6 is 11.6 Å². The molecule has 1 N–H and O–H groups in total. The van der Waals surface area contributed by atoms with Crippen LogP contribution in [0.2, 0.25) is 5.02 Å². The van der Waals surface area contributed by atoms with E-state index in [-0.39, 0.29) is 11.8 Å². The summed E-state index contributed by atoms with van der Waals surface area (Å²) in [6.07, 6.45) is 4.30. The van der Waals surface area contributed by atoms with Gasteiger partial charge in [-0.15, -0.1) is 0 Å². The summed E-state index contributed by atoms with van der Waals surface area (Å²) in [5.41, 5.74) is 0.613. The van der Waals surface area contributed by atoms with Gasteiger partial charge in [0.2, 0.25) is 11.8 Å². The highest BCUT2D eigenvalue weighted by molar-refractivity contribution is 6.30. The number of nitrogens with one attached hydrogen (secondary N) is 1. The number of carbonyl (C=O) groups is 2. The Kier molecular flexibility index (Phi) is 4.39. The average molecular weight is 321 g/mol. The lowest BCUT2D eigenvalue weighted by Gasteiger charge is -2.18. The van der Waals surface area contributed by atoms with Crippen LogP contribution in [0.4, 0.5) is 0 Å². The summed E-state index contributed by atoms with van der Waals surface area (Å²) in [6, 6.07) is 7.48. The molecule has 0 radical (unpaired) electrons. The first kappa shape index (κ1) is 15.3. The van der Waals surface area contributed by atoms with Crippen LogP contribution in [-0.4, -0.2) is 36.3 Å². The lowest BCUT2D eigenvalue weighted by atomic mass is 9.95. The van der Waals surface area contributed by atoms with Crippen molar-refractivity contribution in [1.82, 2.24) is 10.2 Å². The molecule has 2 fully saturated rings. The van der Waals surface area contributed by atoms with E-state index in [1.807, 2.05) is 29.2 Å². The van der Waals surface area contributed by atoms with Crippen LogP contribution in [-0.2, 0) is 15.0 Å². The van der Waals surface area contributed by atoms with Gasteiger partial charge in [-0.05, 0) is 43.4 Å². The van der Waals surface area contributed by atoms with Gasteiger partial charge in [-0.3, -0.25) is 9.59 Å². The van der Waals surface area contributed by atoms with Crippen molar-refractivity contribution in [3.8, 4) is 0 Å². The Hall–Kier alpha value is -1.55. The molecule has 1 aliphatic heterocycles. The van der Waals surface area contributed by atoms with Crippen molar-refractivity contribution < 1.29 is 9.59 Å². The number of rotatable bonds is 5. The van der Waals surface area contributed by atoms with Gasteiger partial charge < -0.3 is 10.2 Å². The number of hydrogen-bond donors (Lipinski definition) is 1. The molecule has 0 unspecified atom stereocenters. The van der Waals surface area contributed by atoms with Crippen LogP contribution < -0.4 is 5.32 Å². The molecule has 4 nitrogen and oxygen atoms in total. The summed E-state index contributed by atoms with van der Waals surface area (Å²) >= 11 is 5.90. The number of nitrogens with zero attached hydrogens (tertiary/aromatic N) is 1. The Bertz CT molecular complexity index is 561. The standard InChI is InChI=1S/C17H21ClN2O2/c18-14-5-3-13(4-6-14)17(8-9-17)16(22)19-10-7-15(21)20-11-1-2-12-20/h3-6H,1-2,7-12H2,(H,19,22). The summed E-state index contributed by atoms with van der Waals surface area (Å²) in [4.78, 5) is 26.3. The fourth-order valence-electron chi connectivity index (χ4n) is 3.12. The lowest BCUT2D eigenvalue weighted by Crippen LogP contribution is -2.37. The molecule has 1 aliphatic carbocycles. The fourth-order valence-corrected chi connectivity index (χ4v) is 3.24. The van der Waals surface area contributed by atoms with Crippen molar-refractivity contribution in [2.75, 3.05) is 19.6 Å². The maximum atomic E-state index is 12.4.